The van der Waals surface area contributed by atoms with Gasteiger partial charge in [0.2, 0.25) is 0 Å². The second-order valence-corrected chi connectivity index (χ2v) is 5.31. The fourth-order valence-electron chi connectivity index (χ4n) is 1.67. The van der Waals surface area contributed by atoms with E-state index in [1.165, 1.54) is 5.56 Å². The van der Waals surface area contributed by atoms with Crippen molar-refractivity contribution in [3.63, 3.8) is 0 Å². The highest BCUT2D eigenvalue weighted by atomic mass is 127. The molecule has 0 bridgehead atoms. The molecule has 1 nitrogen and oxygen atoms in total. The third-order valence-electron chi connectivity index (χ3n) is 2.68. The fraction of sp³-hybridized carbons (Fsp3) is 0.200. The van der Waals surface area contributed by atoms with Crippen LogP contribution >= 0.6 is 34.2 Å². The Kier molecular flexibility index (Phi) is 5.47. The summed E-state index contributed by atoms with van der Waals surface area (Å²) in [5.74, 6) is 0. The number of halogens is 2. The molecule has 0 amide bonds. The van der Waals surface area contributed by atoms with Crippen LogP contribution in [-0.4, -0.2) is 4.43 Å². The van der Waals surface area contributed by atoms with Crippen molar-refractivity contribution in [1.29, 1.82) is 0 Å². The molecule has 0 aliphatic rings. The quantitative estimate of drug-likeness (QED) is 0.528. The molecule has 0 fully saturated rings. The molecule has 3 heteroatoms. The van der Waals surface area contributed by atoms with Crippen molar-refractivity contribution >= 4 is 34.2 Å². The highest BCUT2D eigenvalue weighted by Gasteiger charge is 2.09. The van der Waals surface area contributed by atoms with Crippen molar-refractivity contribution in [3.05, 3.63) is 70.7 Å². The summed E-state index contributed by atoms with van der Waals surface area (Å²) in [6, 6.07) is 18.1. The Morgan fingerprint density at radius 2 is 1.67 bits per heavy atom. The zero-order valence-corrected chi connectivity index (χ0v) is 12.8. The Morgan fingerprint density at radius 1 is 1.00 bits per heavy atom. The van der Waals surface area contributed by atoms with Gasteiger partial charge in [0.15, 0.2) is 0 Å². The van der Waals surface area contributed by atoms with E-state index in [1.807, 2.05) is 42.5 Å². The van der Waals surface area contributed by atoms with Gasteiger partial charge in [0.05, 0.1) is 12.7 Å². The third kappa shape index (κ3) is 3.97. The summed E-state index contributed by atoms with van der Waals surface area (Å²) in [4.78, 5) is 0. The zero-order chi connectivity index (χ0) is 12.8. The van der Waals surface area contributed by atoms with E-state index in [0.29, 0.717) is 6.61 Å². The number of alkyl halides is 1. The first-order chi connectivity index (χ1) is 8.79. The largest absolute Gasteiger partial charge is 0.368 e. The standard InChI is InChI=1S/C15H14ClIO/c16-14-8-6-12(7-9-14)11-18-15(10-17)13-4-2-1-3-5-13/h1-9,15H,10-11H2. The van der Waals surface area contributed by atoms with Crippen molar-refractivity contribution in [2.75, 3.05) is 4.43 Å². The second kappa shape index (κ2) is 7.12. The van der Waals surface area contributed by atoms with Gasteiger partial charge in [-0.1, -0.05) is 76.7 Å². The summed E-state index contributed by atoms with van der Waals surface area (Å²) in [5, 5.41) is 0.757. The van der Waals surface area contributed by atoms with Gasteiger partial charge in [0.1, 0.15) is 0 Å². The number of hydrogen-bond acceptors (Lipinski definition) is 1. The van der Waals surface area contributed by atoms with Crippen LogP contribution in [0.3, 0.4) is 0 Å². The smallest absolute Gasteiger partial charge is 0.0918 e. The lowest BCUT2D eigenvalue weighted by atomic mass is 10.1. The maximum atomic E-state index is 5.95. The molecule has 0 aliphatic carbocycles. The van der Waals surface area contributed by atoms with Gasteiger partial charge in [0, 0.05) is 9.45 Å². The maximum absolute atomic E-state index is 5.95. The minimum Gasteiger partial charge on any atom is -0.368 e. The summed E-state index contributed by atoms with van der Waals surface area (Å²) >= 11 is 8.21. The lowest BCUT2D eigenvalue weighted by Gasteiger charge is -2.15. The van der Waals surface area contributed by atoms with Crippen molar-refractivity contribution in [1.82, 2.24) is 0 Å². The molecular formula is C15H14ClIO. The molecule has 0 saturated carbocycles. The van der Waals surface area contributed by atoms with Crippen LogP contribution in [0.2, 0.25) is 5.02 Å². The van der Waals surface area contributed by atoms with Gasteiger partial charge in [0.25, 0.3) is 0 Å². The molecule has 0 saturated heterocycles. The lowest BCUT2D eigenvalue weighted by molar-refractivity contribution is 0.0577. The summed E-state index contributed by atoms with van der Waals surface area (Å²) in [5.41, 5.74) is 2.37. The van der Waals surface area contributed by atoms with E-state index in [9.17, 15) is 0 Å². The van der Waals surface area contributed by atoms with Crippen LogP contribution in [-0.2, 0) is 11.3 Å². The monoisotopic (exact) mass is 372 g/mol. The number of ether oxygens (including phenoxy) is 1. The van der Waals surface area contributed by atoms with Crippen LogP contribution in [0.5, 0.6) is 0 Å². The van der Waals surface area contributed by atoms with Crippen molar-refractivity contribution < 1.29 is 4.74 Å². The highest BCUT2D eigenvalue weighted by Crippen LogP contribution is 2.21. The van der Waals surface area contributed by atoms with E-state index in [-0.39, 0.29) is 6.10 Å². The predicted octanol–water partition coefficient (Wildman–Crippen LogP) is 5.03. The second-order valence-electron chi connectivity index (χ2n) is 3.99. The summed E-state index contributed by atoms with van der Waals surface area (Å²) in [7, 11) is 0. The molecule has 0 radical (unpaired) electrons. The Balaban J connectivity index is 1.97. The normalized spacial score (nSPS) is 12.3. The minimum absolute atomic E-state index is 0.141. The van der Waals surface area contributed by atoms with Gasteiger partial charge in [-0.15, -0.1) is 0 Å². The molecule has 1 unspecified atom stereocenters. The highest BCUT2D eigenvalue weighted by molar-refractivity contribution is 14.1. The molecule has 2 aromatic rings. The van der Waals surface area contributed by atoms with Gasteiger partial charge in [-0.05, 0) is 23.3 Å². The van der Waals surface area contributed by atoms with Crippen molar-refractivity contribution in [2.24, 2.45) is 0 Å². The van der Waals surface area contributed by atoms with E-state index in [0.717, 1.165) is 15.0 Å². The molecule has 0 spiro atoms. The number of hydrogen-bond donors (Lipinski definition) is 0. The summed E-state index contributed by atoms with van der Waals surface area (Å²) < 4.78 is 6.89. The summed E-state index contributed by atoms with van der Waals surface area (Å²) in [6.07, 6.45) is 0.141. The van der Waals surface area contributed by atoms with Gasteiger partial charge in [-0.3, -0.25) is 0 Å². The zero-order valence-electron chi connectivity index (χ0n) is 9.85. The van der Waals surface area contributed by atoms with Gasteiger partial charge >= 0.3 is 0 Å². The Labute approximate surface area is 126 Å². The number of rotatable bonds is 5. The first kappa shape index (κ1) is 13.8. The van der Waals surface area contributed by atoms with Crippen LogP contribution in [0.25, 0.3) is 0 Å². The van der Waals surface area contributed by atoms with E-state index in [4.69, 9.17) is 16.3 Å². The van der Waals surface area contributed by atoms with Gasteiger partial charge in [-0.25, -0.2) is 0 Å². The van der Waals surface area contributed by atoms with E-state index < -0.39 is 0 Å². The van der Waals surface area contributed by atoms with Crippen molar-refractivity contribution in [2.45, 2.75) is 12.7 Å². The van der Waals surface area contributed by atoms with Crippen LogP contribution in [0.1, 0.15) is 17.2 Å². The topological polar surface area (TPSA) is 9.23 Å². The van der Waals surface area contributed by atoms with Crippen LogP contribution in [0.15, 0.2) is 54.6 Å². The average molecular weight is 373 g/mol. The maximum Gasteiger partial charge on any atom is 0.0918 e. The van der Waals surface area contributed by atoms with Crippen LogP contribution in [0, 0.1) is 0 Å². The predicted molar refractivity (Wildman–Crippen MR) is 84.3 cm³/mol. The van der Waals surface area contributed by atoms with E-state index >= 15 is 0 Å². The Bertz CT molecular complexity index is 470. The molecule has 0 N–H and O–H groups in total. The molecule has 0 heterocycles. The molecule has 0 aromatic heterocycles. The van der Waals surface area contributed by atoms with E-state index in [2.05, 4.69) is 34.7 Å². The first-order valence-corrected chi connectivity index (χ1v) is 7.67. The molecule has 0 aliphatic heterocycles. The SMILES string of the molecule is Clc1ccc(COC(CI)c2ccccc2)cc1. The number of benzene rings is 2. The molecule has 2 rings (SSSR count). The summed E-state index contributed by atoms with van der Waals surface area (Å²) in [6.45, 7) is 0.611. The van der Waals surface area contributed by atoms with E-state index in [1.54, 1.807) is 0 Å². The molecule has 2 aromatic carbocycles. The molecule has 94 valence electrons. The molecule has 1 atom stereocenters. The third-order valence-corrected chi connectivity index (χ3v) is 3.73. The van der Waals surface area contributed by atoms with Crippen LogP contribution < -0.4 is 0 Å². The van der Waals surface area contributed by atoms with Gasteiger partial charge in [-0.2, -0.15) is 0 Å². The van der Waals surface area contributed by atoms with Crippen LogP contribution in [0.4, 0.5) is 0 Å². The first-order valence-electron chi connectivity index (χ1n) is 5.76. The minimum atomic E-state index is 0.141. The molecule has 18 heavy (non-hydrogen) atoms. The fourth-order valence-corrected chi connectivity index (χ4v) is 2.56. The molecular weight excluding hydrogens is 359 g/mol. The van der Waals surface area contributed by atoms with Gasteiger partial charge < -0.3 is 4.74 Å². The Morgan fingerprint density at radius 3 is 2.28 bits per heavy atom. The Hall–Kier alpha value is -0.580. The average Bonchev–Trinajstić information content (AvgIpc) is 2.43. The lowest BCUT2D eigenvalue weighted by Crippen LogP contribution is -2.05. The van der Waals surface area contributed by atoms with Crippen molar-refractivity contribution in [3.8, 4) is 0 Å².